The van der Waals surface area contributed by atoms with Crippen LogP contribution in [0.25, 0.3) is 0 Å². The number of halogens is 1. The maximum Gasteiger partial charge on any atom is 0.239 e. The highest BCUT2D eigenvalue weighted by molar-refractivity contribution is 7.91. The van der Waals surface area contributed by atoms with Gasteiger partial charge in [0.1, 0.15) is 34.7 Å². The topological polar surface area (TPSA) is 94.6 Å². The van der Waals surface area contributed by atoms with Crippen LogP contribution in [0.1, 0.15) is 10.7 Å². The highest BCUT2D eigenvalue weighted by Crippen LogP contribution is 2.23. The van der Waals surface area contributed by atoms with E-state index < -0.39 is 21.5 Å². The maximum atomic E-state index is 12.9. The van der Waals surface area contributed by atoms with Gasteiger partial charge in [0.05, 0.1) is 24.2 Å². The van der Waals surface area contributed by atoms with Crippen molar-refractivity contribution in [2.75, 3.05) is 18.2 Å². The molecule has 1 amide bonds. The first kappa shape index (κ1) is 21.7. The molecule has 30 heavy (non-hydrogen) atoms. The number of anilines is 1. The highest BCUT2D eigenvalue weighted by atomic mass is 32.2. The van der Waals surface area contributed by atoms with E-state index in [9.17, 15) is 17.6 Å². The second-order valence-electron chi connectivity index (χ2n) is 6.26. The van der Waals surface area contributed by atoms with Crippen LogP contribution in [0.5, 0.6) is 11.5 Å². The van der Waals surface area contributed by atoms with E-state index in [0.717, 1.165) is 0 Å². The smallest absolute Gasteiger partial charge is 0.239 e. The Kier molecular flexibility index (Phi) is 7.01. The fourth-order valence-electron chi connectivity index (χ4n) is 2.57. The van der Waals surface area contributed by atoms with Crippen molar-refractivity contribution in [1.82, 2.24) is 4.98 Å². The summed E-state index contributed by atoms with van der Waals surface area (Å²) in [5, 5.41) is 4.73. The standard InChI is InChI=1S/C20H19FN2O5S2/c1-27-18-5-3-2-4-17(18)23-19(24)13-30(25,26)12-15-11-29-20(22-15)10-28-16-8-6-14(21)7-9-16/h2-9,11H,10,12-13H2,1H3,(H,23,24). The third kappa shape index (κ3) is 6.26. The van der Waals surface area contributed by atoms with Gasteiger partial charge in [-0.25, -0.2) is 17.8 Å². The molecule has 158 valence electrons. The zero-order chi connectivity index (χ0) is 21.6. The van der Waals surface area contributed by atoms with Crippen LogP contribution in [-0.2, 0) is 27.0 Å². The Morgan fingerprint density at radius 3 is 2.63 bits per heavy atom. The van der Waals surface area contributed by atoms with Gasteiger partial charge in [-0.15, -0.1) is 11.3 Å². The summed E-state index contributed by atoms with van der Waals surface area (Å²) in [5.74, 6) is -1.14. The van der Waals surface area contributed by atoms with Crippen molar-refractivity contribution in [1.29, 1.82) is 0 Å². The second kappa shape index (κ2) is 9.68. The van der Waals surface area contributed by atoms with Gasteiger partial charge in [0.25, 0.3) is 0 Å². The molecule has 0 aliphatic carbocycles. The summed E-state index contributed by atoms with van der Waals surface area (Å²) in [5.41, 5.74) is 0.733. The molecule has 0 saturated heterocycles. The number of methoxy groups -OCH3 is 1. The molecule has 0 fully saturated rings. The summed E-state index contributed by atoms with van der Waals surface area (Å²) in [6.07, 6.45) is 0. The molecule has 3 aromatic rings. The average molecular weight is 451 g/mol. The fraction of sp³-hybridized carbons (Fsp3) is 0.200. The number of para-hydroxylation sites is 2. The summed E-state index contributed by atoms with van der Waals surface area (Å²) in [4.78, 5) is 16.4. The van der Waals surface area contributed by atoms with Crippen molar-refractivity contribution in [2.24, 2.45) is 0 Å². The SMILES string of the molecule is COc1ccccc1NC(=O)CS(=O)(=O)Cc1csc(COc2ccc(F)cc2)n1. The predicted octanol–water partition coefficient (Wildman–Crippen LogP) is 3.42. The van der Waals surface area contributed by atoms with Crippen LogP contribution in [0.4, 0.5) is 10.1 Å². The van der Waals surface area contributed by atoms with E-state index in [1.807, 2.05) is 0 Å². The molecular formula is C20H19FN2O5S2. The van der Waals surface area contributed by atoms with Gasteiger partial charge in [-0.05, 0) is 36.4 Å². The molecule has 0 bridgehead atoms. The monoisotopic (exact) mass is 450 g/mol. The number of amides is 1. The van der Waals surface area contributed by atoms with E-state index >= 15 is 0 Å². The van der Waals surface area contributed by atoms with Crippen LogP contribution in [0.3, 0.4) is 0 Å². The summed E-state index contributed by atoms with van der Waals surface area (Å²) in [6.45, 7) is 0.130. The normalized spacial score (nSPS) is 11.1. The molecule has 0 atom stereocenters. The number of aromatic nitrogens is 1. The Labute approximate surface area is 177 Å². The van der Waals surface area contributed by atoms with Crippen molar-refractivity contribution >= 4 is 32.8 Å². The Bertz CT molecular complexity index is 1110. The predicted molar refractivity (Wildman–Crippen MR) is 112 cm³/mol. The molecule has 7 nitrogen and oxygen atoms in total. The molecular weight excluding hydrogens is 431 g/mol. The minimum atomic E-state index is -3.72. The van der Waals surface area contributed by atoms with Crippen LogP contribution < -0.4 is 14.8 Å². The number of nitrogens with one attached hydrogen (secondary N) is 1. The van der Waals surface area contributed by atoms with Crippen LogP contribution in [0.2, 0.25) is 0 Å². The minimum Gasteiger partial charge on any atom is -0.495 e. The van der Waals surface area contributed by atoms with Gasteiger partial charge in [0.2, 0.25) is 5.91 Å². The van der Waals surface area contributed by atoms with Gasteiger partial charge in [-0.2, -0.15) is 0 Å². The molecule has 3 rings (SSSR count). The van der Waals surface area contributed by atoms with Gasteiger partial charge in [0.15, 0.2) is 9.84 Å². The molecule has 0 saturated carbocycles. The molecule has 1 heterocycles. The number of benzene rings is 2. The van der Waals surface area contributed by atoms with Crippen molar-refractivity contribution in [2.45, 2.75) is 12.4 Å². The number of carbonyl (C=O) groups is 1. The van der Waals surface area contributed by atoms with Crippen LogP contribution in [0, 0.1) is 5.82 Å². The lowest BCUT2D eigenvalue weighted by molar-refractivity contribution is -0.113. The first-order valence-electron chi connectivity index (χ1n) is 8.79. The number of hydrogen-bond donors (Lipinski definition) is 1. The van der Waals surface area contributed by atoms with Gasteiger partial charge in [-0.3, -0.25) is 4.79 Å². The van der Waals surface area contributed by atoms with Crippen molar-refractivity contribution in [3.05, 3.63) is 70.4 Å². The lowest BCUT2D eigenvalue weighted by Crippen LogP contribution is -2.24. The largest absolute Gasteiger partial charge is 0.495 e. The van der Waals surface area contributed by atoms with E-state index in [0.29, 0.717) is 27.9 Å². The Morgan fingerprint density at radius 2 is 1.90 bits per heavy atom. The van der Waals surface area contributed by atoms with E-state index in [-0.39, 0.29) is 18.2 Å². The fourth-order valence-corrected chi connectivity index (χ4v) is 4.55. The lowest BCUT2D eigenvalue weighted by atomic mass is 10.3. The van der Waals surface area contributed by atoms with Gasteiger partial charge >= 0.3 is 0 Å². The van der Waals surface area contributed by atoms with Crippen molar-refractivity contribution < 1.29 is 27.1 Å². The molecule has 0 aliphatic heterocycles. The molecule has 1 N–H and O–H groups in total. The number of carbonyl (C=O) groups excluding carboxylic acids is 1. The average Bonchev–Trinajstić information content (AvgIpc) is 3.14. The van der Waals surface area contributed by atoms with Crippen LogP contribution in [0.15, 0.2) is 53.9 Å². The minimum absolute atomic E-state index is 0.130. The maximum absolute atomic E-state index is 12.9. The van der Waals surface area contributed by atoms with E-state index in [1.165, 1.54) is 42.7 Å². The van der Waals surface area contributed by atoms with Crippen LogP contribution >= 0.6 is 11.3 Å². The Morgan fingerprint density at radius 1 is 1.17 bits per heavy atom. The summed E-state index contributed by atoms with van der Waals surface area (Å²) >= 11 is 1.25. The Hall–Kier alpha value is -2.98. The molecule has 0 spiro atoms. The molecule has 1 aromatic heterocycles. The quantitative estimate of drug-likeness (QED) is 0.537. The number of nitrogens with zero attached hydrogens (tertiary/aromatic N) is 1. The van der Waals surface area contributed by atoms with E-state index in [2.05, 4.69) is 10.3 Å². The van der Waals surface area contributed by atoms with Gasteiger partial charge in [0, 0.05) is 5.38 Å². The molecule has 0 aliphatic rings. The van der Waals surface area contributed by atoms with Crippen molar-refractivity contribution in [3.63, 3.8) is 0 Å². The third-order valence-electron chi connectivity index (χ3n) is 3.88. The summed E-state index contributed by atoms with van der Waals surface area (Å²) in [7, 11) is -2.26. The van der Waals surface area contributed by atoms with Gasteiger partial charge in [-0.1, -0.05) is 12.1 Å². The number of hydrogen-bond acceptors (Lipinski definition) is 7. The zero-order valence-electron chi connectivity index (χ0n) is 16.0. The van der Waals surface area contributed by atoms with E-state index in [1.54, 1.807) is 29.6 Å². The molecule has 0 radical (unpaired) electrons. The lowest BCUT2D eigenvalue weighted by Gasteiger charge is -2.09. The van der Waals surface area contributed by atoms with Crippen molar-refractivity contribution in [3.8, 4) is 11.5 Å². The number of thiazole rings is 1. The number of rotatable bonds is 9. The van der Waals surface area contributed by atoms with Crippen LogP contribution in [-0.4, -0.2) is 32.2 Å². The number of ether oxygens (including phenoxy) is 2. The third-order valence-corrected chi connectivity index (χ3v) is 6.18. The molecule has 2 aromatic carbocycles. The molecule has 0 unspecified atom stereocenters. The second-order valence-corrected chi connectivity index (χ2v) is 9.26. The zero-order valence-corrected chi connectivity index (χ0v) is 17.6. The first-order chi connectivity index (χ1) is 14.3. The summed E-state index contributed by atoms with van der Waals surface area (Å²) in [6, 6.07) is 12.3. The van der Waals surface area contributed by atoms with Gasteiger partial charge < -0.3 is 14.8 Å². The van der Waals surface area contributed by atoms with E-state index in [4.69, 9.17) is 9.47 Å². The highest BCUT2D eigenvalue weighted by Gasteiger charge is 2.20. The molecule has 10 heteroatoms. The first-order valence-corrected chi connectivity index (χ1v) is 11.5. The Balaban J connectivity index is 1.55. The summed E-state index contributed by atoms with van der Waals surface area (Å²) < 4.78 is 48.3. The number of sulfone groups is 1.